The minimum absolute atomic E-state index is 0.00699. The van der Waals surface area contributed by atoms with Crippen molar-refractivity contribution in [3.05, 3.63) is 0 Å². The number of rotatable bonds is 1. The lowest BCUT2D eigenvalue weighted by atomic mass is 9.43. The highest BCUT2D eigenvalue weighted by molar-refractivity contribution is 5.92. The molecule has 6 fully saturated rings. The molecule has 4 aliphatic carbocycles. The number of nitrogens with zero attached hydrogens (tertiary/aromatic N) is 1. The Morgan fingerprint density at radius 3 is 2.25 bits per heavy atom. The van der Waals surface area contributed by atoms with Gasteiger partial charge in [0.15, 0.2) is 11.6 Å². The minimum Gasteiger partial charge on any atom is -0.411 e. The van der Waals surface area contributed by atoms with Gasteiger partial charge in [-0.3, -0.25) is 0 Å². The Morgan fingerprint density at radius 2 is 1.56 bits per heavy atom. The lowest BCUT2D eigenvalue weighted by molar-refractivity contribution is -0.233. The van der Waals surface area contributed by atoms with Crippen molar-refractivity contribution in [2.24, 2.45) is 45.6 Å². The molecule has 2 heterocycles. The molecule has 7 nitrogen and oxygen atoms in total. The van der Waals surface area contributed by atoms with Crippen LogP contribution in [0.15, 0.2) is 5.16 Å². The summed E-state index contributed by atoms with van der Waals surface area (Å²) in [5.74, 6) is 0.441. The van der Waals surface area contributed by atoms with Crippen LogP contribution in [0.4, 0.5) is 0 Å². The highest BCUT2D eigenvalue weighted by Crippen LogP contribution is 2.69. The van der Waals surface area contributed by atoms with E-state index in [0.717, 1.165) is 44.2 Å². The molecule has 0 aromatic carbocycles. The molecule has 0 radical (unpaired) electrons. The molecule has 0 amide bonds. The van der Waals surface area contributed by atoms with Crippen molar-refractivity contribution >= 4 is 5.71 Å². The van der Waals surface area contributed by atoms with Gasteiger partial charge in [0.25, 0.3) is 0 Å². The van der Waals surface area contributed by atoms with Crippen LogP contribution in [0.3, 0.4) is 0 Å². The number of hydrogen-bond donors (Lipinski definition) is 2. The predicted molar refractivity (Wildman–Crippen MR) is 116 cm³/mol. The van der Waals surface area contributed by atoms with Gasteiger partial charge in [0.05, 0.1) is 38.2 Å². The molecule has 32 heavy (non-hydrogen) atoms. The van der Waals surface area contributed by atoms with E-state index in [1.807, 2.05) is 0 Å². The van der Waals surface area contributed by atoms with Crippen LogP contribution in [-0.2, 0) is 18.9 Å². The van der Waals surface area contributed by atoms with Crippen LogP contribution in [0.1, 0.15) is 65.7 Å². The van der Waals surface area contributed by atoms with Crippen molar-refractivity contribution in [1.29, 1.82) is 0 Å². The Bertz CT molecular complexity index is 789. The lowest BCUT2D eigenvalue weighted by Crippen LogP contribution is -2.64. The first kappa shape index (κ1) is 21.8. The summed E-state index contributed by atoms with van der Waals surface area (Å²) in [5.41, 5.74) is 0.422. The normalized spacial score (nSPS) is 52.7. The van der Waals surface area contributed by atoms with Gasteiger partial charge in [-0.25, -0.2) is 0 Å². The molecular formula is C25H39NO6. The fourth-order valence-electron chi connectivity index (χ4n) is 9.65. The standard InChI is InChI=1S/C25H39NO6/c1-22-13-18(27)21-16(17(22)6-7-19(22)24(3)29-8-9-30-24)5-4-15-12-25(31-10-11-32-25)14-20(26-28)23(15,21)2/h15-19,21,27-28H,4-14H2,1-3H3/t15-,16?,17+,18-,19?,21?,22+,23-/m1/s1. The molecule has 0 aromatic rings. The van der Waals surface area contributed by atoms with Gasteiger partial charge < -0.3 is 29.3 Å². The third-order valence-electron chi connectivity index (χ3n) is 10.9. The van der Waals surface area contributed by atoms with Gasteiger partial charge in [0.1, 0.15) is 0 Å². The molecule has 1 spiro atoms. The van der Waals surface area contributed by atoms with Gasteiger partial charge >= 0.3 is 0 Å². The van der Waals surface area contributed by atoms with E-state index < -0.39 is 17.7 Å². The zero-order valence-electron chi connectivity index (χ0n) is 19.7. The summed E-state index contributed by atoms with van der Waals surface area (Å²) >= 11 is 0. The topological polar surface area (TPSA) is 89.7 Å². The maximum atomic E-state index is 11.8. The van der Waals surface area contributed by atoms with E-state index >= 15 is 0 Å². The van der Waals surface area contributed by atoms with Crippen molar-refractivity contribution < 1.29 is 29.3 Å². The van der Waals surface area contributed by atoms with Crippen LogP contribution >= 0.6 is 0 Å². The van der Waals surface area contributed by atoms with Crippen LogP contribution < -0.4 is 0 Å². The first-order valence-corrected chi connectivity index (χ1v) is 12.7. The maximum absolute atomic E-state index is 11.8. The average molecular weight is 450 g/mol. The van der Waals surface area contributed by atoms with Crippen LogP contribution in [0, 0.1) is 40.4 Å². The van der Waals surface area contributed by atoms with Gasteiger partial charge in [-0.15, -0.1) is 0 Å². The van der Waals surface area contributed by atoms with E-state index in [-0.39, 0.29) is 22.7 Å². The number of hydrogen-bond acceptors (Lipinski definition) is 7. The Balaban J connectivity index is 1.34. The van der Waals surface area contributed by atoms with Gasteiger partial charge in [-0.2, -0.15) is 0 Å². The number of oxime groups is 1. The van der Waals surface area contributed by atoms with Gasteiger partial charge in [0, 0.05) is 24.2 Å². The fourth-order valence-corrected chi connectivity index (χ4v) is 9.65. The number of aliphatic hydroxyl groups excluding tert-OH is 1. The van der Waals surface area contributed by atoms with E-state index in [9.17, 15) is 10.3 Å². The molecule has 180 valence electrons. The van der Waals surface area contributed by atoms with Crippen molar-refractivity contribution in [2.75, 3.05) is 26.4 Å². The minimum atomic E-state index is -0.642. The third-order valence-corrected chi connectivity index (χ3v) is 10.9. The molecule has 6 aliphatic rings. The zero-order valence-corrected chi connectivity index (χ0v) is 19.7. The first-order chi connectivity index (χ1) is 15.3. The number of ether oxygens (including phenoxy) is 4. The van der Waals surface area contributed by atoms with Crippen molar-refractivity contribution in [3.63, 3.8) is 0 Å². The Hall–Kier alpha value is -0.730. The molecule has 2 aliphatic heterocycles. The number of aliphatic hydroxyl groups is 1. The monoisotopic (exact) mass is 449 g/mol. The van der Waals surface area contributed by atoms with Crippen LogP contribution in [0.2, 0.25) is 0 Å². The van der Waals surface area contributed by atoms with Crippen LogP contribution in [-0.4, -0.2) is 60.1 Å². The zero-order chi connectivity index (χ0) is 22.4. The molecule has 2 N–H and O–H groups in total. The highest BCUT2D eigenvalue weighted by atomic mass is 16.7. The second kappa shape index (κ2) is 7.14. The van der Waals surface area contributed by atoms with E-state index in [1.54, 1.807) is 0 Å². The molecule has 2 saturated heterocycles. The lowest BCUT2D eigenvalue weighted by Gasteiger charge is -2.63. The summed E-state index contributed by atoms with van der Waals surface area (Å²) in [7, 11) is 0. The Morgan fingerprint density at radius 1 is 0.875 bits per heavy atom. The second-order valence-electron chi connectivity index (χ2n) is 12.0. The molecule has 7 heteroatoms. The number of fused-ring (bicyclic) bond motifs is 5. The Kier molecular flexibility index (Phi) is 4.86. The molecule has 8 atom stereocenters. The summed E-state index contributed by atoms with van der Waals surface area (Å²) in [4.78, 5) is 0. The van der Waals surface area contributed by atoms with Crippen molar-refractivity contribution in [3.8, 4) is 0 Å². The summed E-state index contributed by atoms with van der Waals surface area (Å²) in [5, 5.41) is 25.7. The van der Waals surface area contributed by atoms with E-state index in [4.69, 9.17) is 18.9 Å². The largest absolute Gasteiger partial charge is 0.411 e. The molecule has 4 saturated carbocycles. The van der Waals surface area contributed by atoms with Gasteiger partial charge in [0.2, 0.25) is 0 Å². The average Bonchev–Trinajstić information content (AvgIpc) is 3.47. The van der Waals surface area contributed by atoms with Gasteiger partial charge in [-0.1, -0.05) is 19.0 Å². The Labute approximate surface area is 190 Å². The summed E-state index contributed by atoms with van der Waals surface area (Å²) in [6.07, 6.45) is 6.03. The predicted octanol–water partition coefficient (Wildman–Crippen LogP) is 3.56. The summed E-state index contributed by atoms with van der Waals surface area (Å²) < 4.78 is 24.3. The smallest absolute Gasteiger partial charge is 0.174 e. The SMILES string of the molecule is CC1(C2CC[C@H]3C4CC[C@@H]5CC6(CC(=NO)[C@]5(C)C4[C@H](O)C[C@]23C)OCCO6)OCCO1. The molecule has 6 rings (SSSR count). The molecular weight excluding hydrogens is 410 g/mol. The van der Waals surface area contributed by atoms with E-state index in [2.05, 4.69) is 25.9 Å². The first-order valence-electron chi connectivity index (χ1n) is 12.7. The quantitative estimate of drug-likeness (QED) is 0.470. The molecule has 0 aromatic heterocycles. The summed E-state index contributed by atoms with van der Waals surface area (Å²) in [6, 6.07) is 0. The fraction of sp³-hybridized carbons (Fsp3) is 0.960. The molecule has 0 bridgehead atoms. The maximum Gasteiger partial charge on any atom is 0.174 e. The second-order valence-corrected chi connectivity index (χ2v) is 12.0. The van der Waals surface area contributed by atoms with Crippen molar-refractivity contribution in [1.82, 2.24) is 0 Å². The highest BCUT2D eigenvalue weighted by Gasteiger charge is 2.68. The summed E-state index contributed by atoms with van der Waals surface area (Å²) in [6.45, 7) is 9.23. The third kappa shape index (κ3) is 2.75. The van der Waals surface area contributed by atoms with Crippen molar-refractivity contribution in [2.45, 2.75) is 83.4 Å². The molecule has 3 unspecified atom stereocenters. The van der Waals surface area contributed by atoms with Crippen LogP contribution in [0.25, 0.3) is 0 Å². The van der Waals surface area contributed by atoms with E-state index in [1.165, 1.54) is 0 Å². The van der Waals surface area contributed by atoms with Gasteiger partial charge in [-0.05, 0) is 68.1 Å². The van der Waals surface area contributed by atoms with E-state index in [0.29, 0.717) is 50.6 Å². The van der Waals surface area contributed by atoms with Crippen LogP contribution in [0.5, 0.6) is 0 Å².